The van der Waals surface area contributed by atoms with Crippen molar-refractivity contribution >= 4 is 46.5 Å². The highest BCUT2D eigenvalue weighted by Gasteiger charge is 2.56. The molecule has 2 saturated heterocycles. The van der Waals surface area contributed by atoms with Crippen LogP contribution in [0.4, 0.5) is 5.95 Å². The average molecular weight is 820 g/mol. The predicted molar refractivity (Wildman–Crippen MR) is 170 cm³/mol. The van der Waals surface area contributed by atoms with Crippen LogP contribution < -0.4 is 22.3 Å². The van der Waals surface area contributed by atoms with E-state index in [0.29, 0.717) is 5.70 Å². The number of nitrogens with two attached hydrogens (primary N) is 2. The van der Waals surface area contributed by atoms with E-state index in [2.05, 4.69) is 38.4 Å². The number of hydrogen-bond acceptors (Lipinski definition) is 23. The molecule has 6 rings (SSSR count). The zero-order valence-corrected chi connectivity index (χ0v) is 29.9. The van der Waals surface area contributed by atoms with Crippen molar-refractivity contribution in [3.8, 4) is 0 Å². The van der Waals surface area contributed by atoms with Crippen molar-refractivity contribution in [3.05, 3.63) is 28.2 Å². The maximum Gasteiger partial charge on any atom is 0.490 e. The molecule has 0 bridgehead atoms. The van der Waals surface area contributed by atoms with Gasteiger partial charge in [-0.3, -0.25) is 23.4 Å². The average Bonchev–Trinajstić information content (AvgIpc) is 3.77. The van der Waals surface area contributed by atoms with Gasteiger partial charge in [0.25, 0.3) is 5.56 Å². The largest absolute Gasteiger partial charge is 0.490 e. The van der Waals surface area contributed by atoms with E-state index in [1.165, 1.54) is 4.90 Å². The van der Waals surface area contributed by atoms with Crippen LogP contribution in [0.2, 0.25) is 0 Å². The number of anilines is 1. The molecular formula is C22H35N10O18P3. The lowest BCUT2D eigenvalue weighted by Gasteiger charge is -2.34. The molecule has 13 N–H and O–H groups in total. The number of hydrogen-bond donors (Lipinski definition) is 11. The van der Waals surface area contributed by atoms with Gasteiger partial charge < -0.3 is 75.9 Å². The third-order valence-corrected chi connectivity index (χ3v) is 12.7. The number of nitrogens with one attached hydrogen (secondary N) is 2. The zero-order valence-electron chi connectivity index (χ0n) is 27.2. The minimum absolute atomic E-state index is 0.0555. The number of phosphoric acid groups is 3. The first-order valence-corrected chi connectivity index (χ1v) is 19.4. The number of ether oxygens (including phenoxy) is 3. The molecule has 296 valence electrons. The summed E-state index contributed by atoms with van der Waals surface area (Å²) in [4.78, 5) is 59.3. The number of phosphoric ester groups is 2. The Kier molecular flexibility index (Phi) is 10.6. The van der Waals surface area contributed by atoms with Crippen LogP contribution >= 0.6 is 23.5 Å². The van der Waals surface area contributed by atoms with E-state index in [4.69, 9.17) is 30.2 Å². The molecule has 4 aliphatic rings. The number of imidazole rings is 1. The lowest BCUT2D eigenvalue weighted by atomic mass is 9.99. The second-order valence-corrected chi connectivity index (χ2v) is 16.6. The van der Waals surface area contributed by atoms with Gasteiger partial charge in [-0.05, 0) is 0 Å². The van der Waals surface area contributed by atoms with Gasteiger partial charge in [-0.15, -0.1) is 0 Å². The molecule has 0 amide bonds. The lowest BCUT2D eigenvalue weighted by molar-refractivity contribution is -0.116. The molecule has 11 atom stereocenters. The van der Waals surface area contributed by atoms with Crippen molar-refractivity contribution in [1.29, 1.82) is 0 Å². The monoisotopic (exact) mass is 820 g/mol. The molecule has 2 aromatic rings. The number of aliphatic hydroxyl groups excluding tert-OH is 4. The summed E-state index contributed by atoms with van der Waals surface area (Å²) in [5.74, 6) is -0.186. The molecule has 0 radical (unpaired) electrons. The first kappa shape index (κ1) is 39.6. The summed E-state index contributed by atoms with van der Waals surface area (Å²) in [6.45, 7) is -2.50. The summed E-state index contributed by atoms with van der Waals surface area (Å²) in [6.07, 6.45) is -9.80. The summed E-state index contributed by atoms with van der Waals surface area (Å²) >= 11 is 0. The van der Waals surface area contributed by atoms with E-state index in [9.17, 15) is 53.6 Å². The highest BCUT2D eigenvalue weighted by Crippen LogP contribution is 2.68. The summed E-state index contributed by atoms with van der Waals surface area (Å²) in [7, 11) is -14.6. The number of aromatic nitrogens is 4. The molecule has 6 unspecified atom stereocenters. The fraction of sp³-hybridized carbons (Fsp3) is 0.636. The van der Waals surface area contributed by atoms with Crippen molar-refractivity contribution < 1.29 is 80.7 Å². The van der Waals surface area contributed by atoms with E-state index < -0.39 is 97.5 Å². The molecule has 0 spiro atoms. The van der Waals surface area contributed by atoms with E-state index in [1.807, 2.05) is 0 Å². The first-order valence-electron chi connectivity index (χ1n) is 15.0. The summed E-state index contributed by atoms with van der Waals surface area (Å²) in [5, 5.41) is 45.3. The van der Waals surface area contributed by atoms with Gasteiger partial charge in [0, 0.05) is 14.2 Å². The SMILES string of the molecule is CO[C@]1(COP(=O)(O)OP(=O)(O)OP(=O)(O)OC[C@H]2O[C@@H](n3cnc4c(=O)[nH]c(N)nc43)[C@@H](O)C2O)CO[C@H](N2CN(C)C3=C2NC(N)=NC3O)C1O. The number of fused-ring (bicyclic) bond motifs is 1. The van der Waals surface area contributed by atoms with E-state index >= 15 is 0 Å². The summed E-state index contributed by atoms with van der Waals surface area (Å²) in [6, 6.07) is 0. The van der Waals surface area contributed by atoms with Crippen molar-refractivity contribution in [2.45, 2.75) is 48.7 Å². The standard InChI is InChI=1S/C22H35N10O18P3/c1-30-7-32(15-10(30)17(37)29-21(24)27-15)19-13(35)22(44-2,4-45-19)5-47-52(40,41)50-53(42,43)49-51(38,39)46-3-8-11(33)12(34)18(48-8)31-6-25-9-14(31)26-20(23)28-16(9)36/h6,8,11-13,17-19,33-35,37H,3-5,7H2,1-2H3,(H,38,39)(H,40,41)(H,42,43)(H3,24,27,29)(H3,23,26,28,36)/t8-,11?,12+,13?,17?,18-,19+,22+/m1/s1. The molecule has 28 nitrogen and oxygen atoms in total. The molecule has 2 aromatic heterocycles. The quantitative estimate of drug-likeness (QED) is 0.0847. The highest BCUT2D eigenvalue weighted by atomic mass is 31.3. The number of guanidine groups is 1. The Morgan fingerprint density at radius 1 is 1.04 bits per heavy atom. The van der Waals surface area contributed by atoms with Crippen molar-refractivity contribution in [1.82, 2.24) is 34.6 Å². The number of aliphatic imine (C=N–C) groups is 1. The maximum atomic E-state index is 12.7. The third-order valence-electron chi connectivity index (χ3n) is 8.43. The molecule has 0 aliphatic carbocycles. The first-order chi connectivity index (χ1) is 24.7. The lowest BCUT2D eigenvalue weighted by Crippen LogP contribution is -2.54. The van der Waals surface area contributed by atoms with E-state index in [-0.39, 0.29) is 35.6 Å². The molecule has 31 heteroatoms. The van der Waals surface area contributed by atoms with Crippen LogP contribution in [0.15, 0.2) is 27.6 Å². The van der Waals surface area contributed by atoms with E-state index in [1.54, 1.807) is 11.9 Å². The third kappa shape index (κ3) is 7.73. The van der Waals surface area contributed by atoms with Crippen LogP contribution in [0.5, 0.6) is 0 Å². The summed E-state index contributed by atoms with van der Waals surface area (Å²) < 4.78 is 73.0. The molecule has 2 fully saturated rings. The molecule has 53 heavy (non-hydrogen) atoms. The van der Waals surface area contributed by atoms with Crippen molar-refractivity contribution in [2.75, 3.05) is 46.4 Å². The van der Waals surface area contributed by atoms with Gasteiger partial charge >= 0.3 is 23.5 Å². The molecule has 4 aliphatic heterocycles. The zero-order chi connectivity index (χ0) is 38.8. The maximum absolute atomic E-state index is 12.7. The number of nitrogen functional groups attached to an aromatic ring is 1. The number of methoxy groups -OCH3 is 1. The number of aliphatic hydroxyl groups is 4. The van der Waals surface area contributed by atoms with Crippen molar-refractivity contribution in [3.63, 3.8) is 0 Å². The van der Waals surface area contributed by atoms with Crippen LogP contribution in [0.1, 0.15) is 6.23 Å². The minimum Gasteiger partial charge on any atom is -0.387 e. The van der Waals surface area contributed by atoms with Crippen LogP contribution in [-0.4, -0.2) is 154 Å². The second kappa shape index (κ2) is 14.2. The molecule has 6 heterocycles. The molecular weight excluding hydrogens is 785 g/mol. The predicted octanol–water partition coefficient (Wildman–Crippen LogP) is -4.60. The van der Waals surface area contributed by atoms with Gasteiger partial charge in [0.1, 0.15) is 41.5 Å². The van der Waals surface area contributed by atoms with Crippen LogP contribution in [0.3, 0.4) is 0 Å². The molecule has 0 saturated carbocycles. The number of nitrogens with zero attached hydrogens (tertiary/aromatic N) is 6. The Bertz CT molecular complexity index is 2010. The minimum atomic E-state index is -5.99. The Balaban J connectivity index is 1.04. The fourth-order valence-electron chi connectivity index (χ4n) is 5.91. The topological polar surface area (TPSA) is 404 Å². The highest BCUT2D eigenvalue weighted by molar-refractivity contribution is 7.66. The van der Waals surface area contributed by atoms with Gasteiger partial charge in [-0.1, -0.05) is 0 Å². The Hall–Kier alpha value is -3.11. The number of aromatic amines is 1. The number of rotatable bonds is 13. The van der Waals surface area contributed by atoms with Crippen LogP contribution in [-0.2, 0) is 45.6 Å². The van der Waals surface area contributed by atoms with E-state index in [0.717, 1.165) is 18.0 Å². The van der Waals surface area contributed by atoms with Gasteiger partial charge in [0.05, 0.1) is 32.8 Å². The van der Waals surface area contributed by atoms with Crippen LogP contribution in [0, 0.1) is 0 Å². The summed E-state index contributed by atoms with van der Waals surface area (Å²) in [5.41, 5.74) is 8.64. The second-order valence-electron chi connectivity index (χ2n) is 11.9. The smallest absolute Gasteiger partial charge is 0.387 e. The Morgan fingerprint density at radius 2 is 1.72 bits per heavy atom. The molecule has 0 aromatic carbocycles. The Labute approximate surface area is 295 Å². The Morgan fingerprint density at radius 3 is 2.40 bits per heavy atom. The number of likely N-dealkylation sites (N-methyl/N-ethyl adjacent to an activating group) is 1. The van der Waals surface area contributed by atoms with Gasteiger partial charge in [-0.2, -0.15) is 13.6 Å². The van der Waals surface area contributed by atoms with Gasteiger partial charge in [0.2, 0.25) is 5.95 Å². The van der Waals surface area contributed by atoms with Crippen molar-refractivity contribution in [2.24, 2.45) is 10.7 Å². The number of H-pyrrole nitrogens is 1. The normalized spacial score (nSPS) is 33.8. The van der Waals surface area contributed by atoms with Gasteiger partial charge in [-0.25, -0.2) is 23.7 Å². The van der Waals surface area contributed by atoms with Gasteiger partial charge in [0.15, 0.2) is 35.8 Å². The van der Waals surface area contributed by atoms with Crippen LogP contribution in [0.25, 0.3) is 11.2 Å². The fourth-order valence-corrected chi connectivity index (χ4v) is 9.48.